The van der Waals surface area contributed by atoms with Gasteiger partial charge in [0.25, 0.3) is 0 Å². The molecule has 114 valence electrons. The zero-order valence-electron chi connectivity index (χ0n) is 12.8. The molecule has 1 aromatic carbocycles. The van der Waals surface area contributed by atoms with E-state index in [0.29, 0.717) is 12.6 Å². The molecule has 0 spiro atoms. The quantitative estimate of drug-likeness (QED) is 0.770. The van der Waals surface area contributed by atoms with Crippen LogP contribution in [0.2, 0.25) is 5.02 Å². The number of thiophene rings is 1. The predicted octanol–water partition coefficient (Wildman–Crippen LogP) is 5.04. The Bertz CT molecular complexity index is 580. The van der Waals surface area contributed by atoms with E-state index in [2.05, 4.69) is 38.2 Å². The van der Waals surface area contributed by atoms with Crippen LogP contribution in [-0.2, 0) is 19.6 Å². The van der Waals surface area contributed by atoms with Crippen molar-refractivity contribution in [3.63, 3.8) is 0 Å². The molecular weight excluding hydrogens is 302 g/mol. The third-order valence-electron chi connectivity index (χ3n) is 3.16. The van der Waals surface area contributed by atoms with Gasteiger partial charge in [-0.15, -0.1) is 11.3 Å². The molecule has 2 rings (SSSR count). The van der Waals surface area contributed by atoms with Crippen molar-refractivity contribution in [1.29, 1.82) is 0 Å². The molecule has 0 amide bonds. The lowest BCUT2D eigenvalue weighted by molar-refractivity contribution is 0.305. The lowest BCUT2D eigenvalue weighted by Crippen LogP contribution is -2.22. The fourth-order valence-electron chi connectivity index (χ4n) is 1.98. The Morgan fingerprint density at radius 1 is 1.19 bits per heavy atom. The lowest BCUT2D eigenvalue weighted by atomic mass is 10.2. The highest BCUT2D eigenvalue weighted by Gasteiger charge is 2.07. The molecule has 0 radical (unpaired) electrons. The highest BCUT2D eigenvalue weighted by atomic mass is 35.5. The largest absolute Gasteiger partial charge is 0.488 e. The average molecular weight is 324 g/mol. The van der Waals surface area contributed by atoms with Gasteiger partial charge in [0.1, 0.15) is 12.4 Å². The van der Waals surface area contributed by atoms with E-state index in [-0.39, 0.29) is 0 Å². The Morgan fingerprint density at radius 2 is 1.95 bits per heavy atom. The standard InChI is InChI=1S/C17H22ClNOS/c1-4-15-6-7-16(21-15)11-20-17-8-5-14(18)9-13(17)10-19-12(2)3/h5-9,12,19H,4,10-11H2,1-3H3. The van der Waals surface area contributed by atoms with Gasteiger partial charge in [0.15, 0.2) is 0 Å². The average Bonchev–Trinajstić information content (AvgIpc) is 2.92. The number of rotatable bonds is 7. The van der Waals surface area contributed by atoms with Gasteiger partial charge < -0.3 is 10.1 Å². The number of hydrogen-bond acceptors (Lipinski definition) is 3. The summed E-state index contributed by atoms with van der Waals surface area (Å²) in [5.74, 6) is 0.902. The zero-order valence-corrected chi connectivity index (χ0v) is 14.4. The number of aryl methyl sites for hydroxylation is 1. The number of ether oxygens (including phenoxy) is 1. The van der Waals surface area contributed by atoms with E-state index < -0.39 is 0 Å². The van der Waals surface area contributed by atoms with Crippen LogP contribution < -0.4 is 10.1 Å². The van der Waals surface area contributed by atoms with Crippen LogP contribution in [0.4, 0.5) is 0 Å². The third kappa shape index (κ3) is 5.03. The second kappa shape index (κ2) is 7.83. The molecule has 4 heteroatoms. The van der Waals surface area contributed by atoms with Crippen molar-refractivity contribution >= 4 is 22.9 Å². The van der Waals surface area contributed by atoms with Crippen LogP contribution in [0.5, 0.6) is 5.75 Å². The first-order chi connectivity index (χ1) is 10.1. The van der Waals surface area contributed by atoms with Crippen molar-refractivity contribution in [1.82, 2.24) is 5.32 Å². The van der Waals surface area contributed by atoms with E-state index in [9.17, 15) is 0 Å². The van der Waals surface area contributed by atoms with Crippen LogP contribution in [0.15, 0.2) is 30.3 Å². The van der Waals surface area contributed by atoms with Gasteiger partial charge >= 0.3 is 0 Å². The van der Waals surface area contributed by atoms with Crippen LogP contribution >= 0.6 is 22.9 Å². The van der Waals surface area contributed by atoms with Gasteiger partial charge in [0.05, 0.1) is 0 Å². The van der Waals surface area contributed by atoms with Gasteiger partial charge in [0.2, 0.25) is 0 Å². The first-order valence-corrected chi connectivity index (χ1v) is 8.50. The molecule has 2 aromatic rings. The summed E-state index contributed by atoms with van der Waals surface area (Å²) in [6, 6.07) is 10.5. The third-order valence-corrected chi connectivity index (χ3v) is 4.60. The van der Waals surface area contributed by atoms with Gasteiger partial charge in [-0.1, -0.05) is 32.4 Å². The number of halogens is 1. The molecule has 0 fully saturated rings. The SMILES string of the molecule is CCc1ccc(COc2ccc(Cl)cc2CNC(C)C)s1. The molecule has 0 saturated heterocycles. The number of benzene rings is 1. The summed E-state index contributed by atoms with van der Waals surface area (Å²) in [6.07, 6.45) is 1.08. The smallest absolute Gasteiger partial charge is 0.124 e. The molecule has 0 aliphatic rings. The van der Waals surface area contributed by atoms with Crippen molar-refractivity contribution in [3.05, 3.63) is 50.7 Å². The van der Waals surface area contributed by atoms with E-state index in [1.807, 2.05) is 29.5 Å². The second-order valence-electron chi connectivity index (χ2n) is 5.30. The van der Waals surface area contributed by atoms with Crippen molar-refractivity contribution in [2.45, 2.75) is 46.4 Å². The van der Waals surface area contributed by atoms with E-state index in [0.717, 1.165) is 29.3 Å². The van der Waals surface area contributed by atoms with Gasteiger partial charge in [-0.25, -0.2) is 0 Å². The monoisotopic (exact) mass is 323 g/mol. The van der Waals surface area contributed by atoms with E-state index >= 15 is 0 Å². The molecule has 21 heavy (non-hydrogen) atoms. The first-order valence-electron chi connectivity index (χ1n) is 7.30. The Kier molecular flexibility index (Phi) is 6.09. The van der Waals surface area contributed by atoms with Crippen molar-refractivity contribution in [3.8, 4) is 5.75 Å². The predicted molar refractivity (Wildman–Crippen MR) is 91.5 cm³/mol. The van der Waals surface area contributed by atoms with Crippen molar-refractivity contribution in [2.24, 2.45) is 0 Å². The summed E-state index contributed by atoms with van der Waals surface area (Å²) in [7, 11) is 0. The van der Waals surface area contributed by atoms with Gasteiger partial charge in [-0.3, -0.25) is 0 Å². The Labute approximate surface area is 136 Å². The lowest BCUT2D eigenvalue weighted by Gasteiger charge is -2.14. The Hall–Kier alpha value is -1.03. The summed E-state index contributed by atoms with van der Waals surface area (Å²) >= 11 is 7.90. The topological polar surface area (TPSA) is 21.3 Å². The number of hydrogen-bond donors (Lipinski definition) is 1. The molecule has 0 aliphatic heterocycles. The second-order valence-corrected chi connectivity index (χ2v) is 6.99. The van der Waals surface area contributed by atoms with E-state index in [4.69, 9.17) is 16.3 Å². The van der Waals surface area contributed by atoms with Crippen LogP contribution in [0.3, 0.4) is 0 Å². The van der Waals surface area contributed by atoms with Crippen molar-refractivity contribution < 1.29 is 4.74 Å². The summed E-state index contributed by atoms with van der Waals surface area (Å²) in [4.78, 5) is 2.65. The molecule has 0 bridgehead atoms. The zero-order chi connectivity index (χ0) is 15.2. The highest BCUT2D eigenvalue weighted by molar-refractivity contribution is 7.11. The Morgan fingerprint density at radius 3 is 2.62 bits per heavy atom. The summed E-state index contributed by atoms with van der Waals surface area (Å²) < 4.78 is 5.98. The molecule has 1 N–H and O–H groups in total. The maximum absolute atomic E-state index is 6.09. The normalized spacial score (nSPS) is 11.1. The fourth-order valence-corrected chi connectivity index (χ4v) is 3.05. The summed E-state index contributed by atoms with van der Waals surface area (Å²) in [5, 5.41) is 4.15. The van der Waals surface area contributed by atoms with Crippen molar-refractivity contribution in [2.75, 3.05) is 0 Å². The van der Waals surface area contributed by atoms with Crippen LogP contribution in [0, 0.1) is 0 Å². The Balaban J connectivity index is 2.04. The molecule has 0 unspecified atom stereocenters. The maximum Gasteiger partial charge on any atom is 0.124 e. The van der Waals surface area contributed by atoms with Crippen LogP contribution in [0.25, 0.3) is 0 Å². The van der Waals surface area contributed by atoms with Gasteiger partial charge in [0, 0.05) is 32.9 Å². The minimum absolute atomic E-state index is 0.432. The number of nitrogens with one attached hydrogen (secondary N) is 1. The van der Waals surface area contributed by atoms with Gasteiger partial charge in [-0.05, 0) is 36.8 Å². The molecule has 1 heterocycles. The highest BCUT2D eigenvalue weighted by Crippen LogP contribution is 2.25. The summed E-state index contributed by atoms with van der Waals surface area (Å²) in [6.45, 7) is 7.80. The molecule has 0 saturated carbocycles. The molecule has 1 aromatic heterocycles. The molecule has 2 nitrogen and oxygen atoms in total. The minimum atomic E-state index is 0.432. The maximum atomic E-state index is 6.09. The van der Waals surface area contributed by atoms with Crippen LogP contribution in [0.1, 0.15) is 36.1 Å². The van der Waals surface area contributed by atoms with Gasteiger partial charge in [-0.2, -0.15) is 0 Å². The van der Waals surface area contributed by atoms with Crippen LogP contribution in [-0.4, -0.2) is 6.04 Å². The molecular formula is C17H22ClNOS. The summed E-state index contributed by atoms with van der Waals surface area (Å²) in [5.41, 5.74) is 1.10. The fraction of sp³-hybridized carbons (Fsp3) is 0.412. The molecule has 0 aliphatic carbocycles. The molecule has 0 atom stereocenters. The minimum Gasteiger partial charge on any atom is -0.488 e. The van der Waals surface area contributed by atoms with E-state index in [1.165, 1.54) is 9.75 Å². The van der Waals surface area contributed by atoms with E-state index in [1.54, 1.807) is 0 Å². The first kappa shape index (κ1) is 16.3.